The average molecular weight is 322 g/mol. The first kappa shape index (κ1) is 28.1. The van der Waals surface area contributed by atoms with Crippen molar-refractivity contribution < 1.29 is 37.0 Å². The molecule has 0 aliphatic rings. The quantitative estimate of drug-likeness (QED) is 0.639. The maximum Gasteiger partial charge on any atom is 0.0319 e. The van der Waals surface area contributed by atoms with E-state index in [-0.39, 0.29) is 32.5 Å². The van der Waals surface area contributed by atoms with Crippen molar-refractivity contribution in [3.8, 4) is 0 Å². The van der Waals surface area contributed by atoms with Crippen LogP contribution in [0.2, 0.25) is 0 Å². The zero-order chi connectivity index (χ0) is 16.3. The summed E-state index contributed by atoms with van der Waals surface area (Å²) in [6.45, 7) is 13.2. The van der Waals surface area contributed by atoms with Crippen LogP contribution in [0.4, 0.5) is 0 Å². The van der Waals surface area contributed by atoms with Gasteiger partial charge in [-0.25, -0.2) is 0 Å². The second-order valence-electron chi connectivity index (χ2n) is 5.72. The van der Waals surface area contributed by atoms with Crippen LogP contribution >= 0.6 is 0 Å². The van der Waals surface area contributed by atoms with Gasteiger partial charge in [0.05, 0.1) is 0 Å². The summed E-state index contributed by atoms with van der Waals surface area (Å²) in [6.07, 6.45) is 0. The standard InChI is InChI=1S/C12H20N.3CH4O.Ti/c1-11(2,3)9-7-8-10(13-9)12(4,5)6;3*1-2;/h7-8H,1-6H3;3*2H,1H3;/q-1;;;;. The number of rotatable bonds is 0. The number of aliphatic hydroxyl groups is 3. The monoisotopic (exact) mass is 322 g/mol. The zero-order valence-electron chi connectivity index (χ0n) is 14.4. The van der Waals surface area contributed by atoms with Gasteiger partial charge in [0.25, 0.3) is 0 Å². The molecule has 20 heavy (non-hydrogen) atoms. The van der Waals surface area contributed by atoms with Crippen LogP contribution in [0.15, 0.2) is 12.1 Å². The summed E-state index contributed by atoms with van der Waals surface area (Å²) >= 11 is 0. The largest absolute Gasteiger partial charge is 0.664 e. The fourth-order valence-corrected chi connectivity index (χ4v) is 1.20. The van der Waals surface area contributed by atoms with Gasteiger partial charge < -0.3 is 20.3 Å². The maximum absolute atomic E-state index is 7.00. The molecule has 0 unspecified atom stereocenters. The van der Waals surface area contributed by atoms with E-state index >= 15 is 0 Å². The molecule has 0 saturated carbocycles. The van der Waals surface area contributed by atoms with E-state index in [0.29, 0.717) is 0 Å². The molecule has 0 bridgehead atoms. The summed E-state index contributed by atoms with van der Waals surface area (Å²) in [4.78, 5) is 4.65. The Morgan fingerprint density at radius 1 is 0.650 bits per heavy atom. The molecule has 3 N–H and O–H groups in total. The van der Waals surface area contributed by atoms with Gasteiger partial charge in [0.2, 0.25) is 0 Å². The van der Waals surface area contributed by atoms with Crippen LogP contribution in [0.5, 0.6) is 0 Å². The van der Waals surface area contributed by atoms with Gasteiger partial charge in [-0.1, -0.05) is 53.7 Å². The van der Waals surface area contributed by atoms with Gasteiger partial charge >= 0.3 is 0 Å². The molecule has 0 spiro atoms. The Morgan fingerprint density at radius 2 is 0.850 bits per heavy atom. The van der Waals surface area contributed by atoms with Crippen molar-refractivity contribution in [1.82, 2.24) is 4.98 Å². The zero-order valence-corrected chi connectivity index (χ0v) is 16.0. The molecule has 0 radical (unpaired) electrons. The van der Waals surface area contributed by atoms with E-state index in [0.717, 1.165) is 21.3 Å². The summed E-state index contributed by atoms with van der Waals surface area (Å²) < 4.78 is 0. The molecular weight excluding hydrogens is 290 g/mol. The predicted molar refractivity (Wildman–Crippen MR) is 81.6 cm³/mol. The van der Waals surface area contributed by atoms with Crippen LogP contribution in [0, 0.1) is 0 Å². The third kappa shape index (κ3) is 11.7. The minimum Gasteiger partial charge on any atom is -0.664 e. The van der Waals surface area contributed by atoms with E-state index in [1.54, 1.807) is 0 Å². The molecule has 0 aliphatic carbocycles. The van der Waals surface area contributed by atoms with E-state index in [2.05, 4.69) is 58.7 Å². The molecule has 0 aromatic carbocycles. The number of aromatic nitrogens is 1. The van der Waals surface area contributed by atoms with E-state index < -0.39 is 0 Å². The fourth-order valence-electron chi connectivity index (χ4n) is 1.20. The van der Waals surface area contributed by atoms with Crippen molar-refractivity contribution in [1.29, 1.82) is 0 Å². The van der Waals surface area contributed by atoms with Crippen molar-refractivity contribution in [2.45, 2.75) is 52.4 Å². The fraction of sp³-hybridized carbons (Fsp3) is 0.733. The first-order chi connectivity index (χ1) is 8.71. The van der Waals surface area contributed by atoms with Crippen LogP contribution < -0.4 is 4.98 Å². The predicted octanol–water partition coefficient (Wildman–Crippen LogP) is 2.06. The number of hydrogen-bond donors (Lipinski definition) is 3. The van der Waals surface area contributed by atoms with Crippen molar-refractivity contribution in [3.05, 3.63) is 23.5 Å². The maximum atomic E-state index is 7.00. The minimum absolute atomic E-state index is 0. The molecule has 0 atom stereocenters. The Morgan fingerprint density at radius 3 is 0.950 bits per heavy atom. The number of hydrogen-bond acceptors (Lipinski definition) is 3. The Hall–Kier alpha value is -0.126. The molecule has 5 heteroatoms. The second kappa shape index (κ2) is 13.8. The van der Waals surface area contributed by atoms with Crippen molar-refractivity contribution >= 4 is 0 Å². The third-order valence-corrected chi connectivity index (χ3v) is 2.18. The Bertz CT molecular complexity index is 270. The molecule has 0 amide bonds. The van der Waals surface area contributed by atoms with E-state index in [4.69, 9.17) is 15.3 Å². The van der Waals surface area contributed by atoms with Gasteiger partial charge in [0.15, 0.2) is 0 Å². The molecule has 0 aliphatic heterocycles. The Kier molecular flexibility index (Phi) is 19.4. The van der Waals surface area contributed by atoms with Crippen LogP contribution in [0.25, 0.3) is 0 Å². The second-order valence-corrected chi connectivity index (χ2v) is 5.72. The third-order valence-electron chi connectivity index (χ3n) is 2.18. The van der Waals surface area contributed by atoms with Gasteiger partial charge in [0, 0.05) is 43.0 Å². The first-order valence-corrected chi connectivity index (χ1v) is 6.20. The summed E-state index contributed by atoms with van der Waals surface area (Å²) in [6, 6.07) is 4.28. The Labute approximate surface area is 139 Å². The molecule has 0 saturated heterocycles. The van der Waals surface area contributed by atoms with Crippen molar-refractivity contribution in [3.63, 3.8) is 0 Å². The van der Waals surface area contributed by atoms with Crippen LogP contribution in [0.3, 0.4) is 0 Å². The van der Waals surface area contributed by atoms with Gasteiger partial charge in [-0.15, -0.1) is 0 Å². The van der Waals surface area contributed by atoms with Crippen molar-refractivity contribution in [2.24, 2.45) is 0 Å². The number of nitrogens with zero attached hydrogens (tertiary/aromatic N) is 1. The molecule has 4 nitrogen and oxygen atoms in total. The van der Waals surface area contributed by atoms with E-state index in [1.807, 2.05) is 0 Å². The van der Waals surface area contributed by atoms with Crippen LogP contribution in [0.1, 0.15) is 52.9 Å². The summed E-state index contributed by atoms with van der Waals surface area (Å²) in [5.41, 5.74) is 2.72. The summed E-state index contributed by atoms with van der Waals surface area (Å²) in [7, 11) is 3.00. The SMILES string of the molecule is CC(C)(C)c1ccc(C(C)(C)C)[n-]1.CO.CO.CO.[Ti]. The summed E-state index contributed by atoms with van der Waals surface area (Å²) in [5, 5.41) is 21.0. The smallest absolute Gasteiger partial charge is 0.0319 e. The molecule has 0 fully saturated rings. The number of aliphatic hydroxyl groups excluding tert-OH is 3. The Balaban J connectivity index is -0.000000162. The topological polar surface area (TPSA) is 74.8 Å². The van der Waals surface area contributed by atoms with Gasteiger partial charge in [0.1, 0.15) is 0 Å². The van der Waals surface area contributed by atoms with E-state index in [9.17, 15) is 0 Å². The molecular formula is C15H32NO3Ti-. The molecule has 1 heterocycles. The van der Waals surface area contributed by atoms with Crippen LogP contribution in [-0.2, 0) is 32.5 Å². The molecule has 120 valence electrons. The molecule has 1 aromatic heterocycles. The van der Waals surface area contributed by atoms with Gasteiger partial charge in [-0.2, -0.15) is 11.4 Å². The average Bonchev–Trinajstić information content (AvgIpc) is 2.86. The summed E-state index contributed by atoms with van der Waals surface area (Å²) in [5.74, 6) is 0. The molecule has 1 aromatic rings. The van der Waals surface area contributed by atoms with Crippen LogP contribution in [-0.4, -0.2) is 36.6 Å². The van der Waals surface area contributed by atoms with Crippen molar-refractivity contribution in [2.75, 3.05) is 21.3 Å². The van der Waals surface area contributed by atoms with E-state index in [1.165, 1.54) is 11.4 Å². The van der Waals surface area contributed by atoms with Gasteiger partial charge in [-0.05, 0) is 10.8 Å². The normalized spacial score (nSPS) is 9.60. The first-order valence-electron chi connectivity index (χ1n) is 6.20. The minimum atomic E-state index is 0. The molecule has 1 rings (SSSR count). The van der Waals surface area contributed by atoms with Gasteiger partial charge in [-0.3, -0.25) is 0 Å².